The van der Waals surface area contributed by atoms with E-state index in [9.17, 15) is 4.79 Å². The van der Waals surface area contributed by atoms with Gasteiger partial charge in [-0.15, -0.1) is 0 Å². The summed E-state index contributed by atoms with van der Waals surface area (Å²) in [5.41, 5.74) is 2.62. The SMILES string of the molecule is Cc1cc(=O)n(-c2ccccc2C2COCCN2)c(C)n1. The Morgan fingerprint density at radius 2 is 2.14 bits per heavy atom. The molecule has 1 fully saturated rings. The molecule has 0 amide bonds. The molecule has 3 rings (SSSR count). The zero-order chi connectivity index (χ0) is 14.8. The van der Waals surface area contributed by atoms with Crippen molar-refractivity contribution in [3.05, 3.63) is 57.8 Å². The maximum absolute atomic E-state index is 12.4. The molecule has 0 radical (unpaired) electrons. The first kappa shape index (κ1) is 14.0. The third-order valence-electron chi connectivity index (χ3n) is 3.69. The quantitative estimate of drug-likeness (QED) is 0.908. The third kappa shape index (κ3) is 2.75. The molecule has 110 valence electrons. The van der Waals surface area contributed by atoms with Gasteiger partial charge in [0.25, 0.3) is 5.56 Å². The van der Waals surface area contributed by atoms with Crippen LogP contribution in [0.2, 0.25) is 0 Å². The van der Waals surface area contributed by atoms with Gasteiger partial charge in [0.1, 0.15) is 5.82 Å². The summed E-state index contributed by atoms with van der Waals surface area (Å²) in [6, 6.07) is 9.58. The summed E-state index contributed by atoms with van der Waals surface area (Å²) in [7, 11) is 0. The van der Waals surface area contributed by atoms with E-state index in [4.69, 9.17) is 4.74 Å². The van der Waals surface area contributed by atoms with Crippen LogP contribution in [0.1, 0.15) is 23.1 Å². The summed E-state index contributed by atoms with van der Waals surface area (Å²) in [5.74, 6) is 0.698. The van der Waals surface area contributed by atoms with Crippen LogP contribution in [-0.4, -0.2) is 29.3 Å². The summed E-state index contributed by atoms with van der Waals surface area (Å²) < 4.78 is 7.21. The average Bonchev–Trinajstić information content (AvgIpc) is 2.48. The summed E-state index contributed by atoms with van der Waals surface area (Å²) >= 11 is 0. The van der Waals surface area contributed by atoms with Crippen LogP contribution in [0.3, 0.4) is 0 Å². The highest BCUT2D eigenvalue weighted by Gasteiger charge is 2.20. The van der Waals surface area contributed by atoms with Crippen molar-refractivity contribution in [1.29, 1.82) is 0 Å². The molecule has 1 aliphatic heterocycles. The first-order valence-corrected chi connectivity index (χ1v) is 7.14. The molecule has 1 saturated heterocycles. The zero-order valence-electron chi connectivity index (χ0n) is 12.3. The standard InChI is InChI=1S/C16H19N3O2/c1-11-9-16(20)19(12(2)18-11)15-6-4-3-5-13(15)14-10-21-8-7-17-14/h3-6,9,14,17H,7-8,10H2,1-2H3. The number of aryl methyl sites for hydroxylation is 2. The molecule has 1 aliphatic rings. The molecule has 1 unspecified atom stereocenters. The van der Waals surface area contributed by atoms with E-state index in [1.165, 1.54) is 0 Å². The summed E-state index contributed by atoms with van der Waals surface area (Å²) in [5, 5.41) is 3.44. The number of nitrogens with zero attached hydrogens (tertiary/aromatic N) is 2. The van der Waals surface area contributed by atoms with E-state index in [-0.39, 0.29) is 11.6 Å². The molecule has 5 heteroatoms. The first-order valence-electron chi connectivity index (χ1n) is 7.14. The van der Waals surface area contributed by atoms with Crippen LogP contribution in [0, 0.1) is 13.8 Å². The zero-order valence-corrected chi connectivity index (χ0v) is 12.3. The lowest BCUT2D eigenvalue weighted by molar-refractivity contribution is 0.0768. The van der Waals surface area contributed by atoms with Gasteiger partial charge < -0.3 is 10.1 Å². The van der Waals surface area contributed by atoms with Crippen LogP contribution < -0.4 is 10.9 Å². The largest absolute Gasteiger partial charge is 0.378 e. The molecule has 0 aliphatic carbocycles. The molecule has 0 bridgehead atoms. The van der Waals surface area contributed by atoms with Crippen LogP contribution in [0.25, 0.3) is 5.69 Å². The highest BCUT2D eigenvalue weighted by atomic mass is 16.5. The summed E-state index contributed by atoms with van der Waals surface area (Å²) in [6.07, 6.45) is 0. The number of aromatic nitrogens is 2. The van der Waals surface area contributed by atoms with Gasteiger partial charge >= 0.3 is 0 Å². The second-order valence-electron chi connectivity index (χ2n) is 5.26. The van der Waals surface area contributed by atoms with E-state index in [1.54, 1.807) is 10.6 Å². The van der Waals surface area contributed by atoms with Crippen molar-refractivity contribution in [1.82, 2.24) is 14.9 Å². The van der Waals surface area contributed by atoms with Gasteiger partial charge in [-0.1, -0.05) is 18.2 Å². The van der Waals surface area contributed by atoms with Crippen LogP contribution >= 0.6 is 0 Å². The van der Waals surface area contributed by atoms with E-state index >= 15 is 0 Å². The molecule has 1 N–H and O–H groups in total. The Morgan fingerprint density at radius 1 is 1.33 bits per heavy atom. The molecule has 1 aromatic carbocycles. The Bertz CT molecular complexity index is 703. The normalized spacial score (nSPS) is 18.7. The predicted molar refractivity (Wildman–Crippen MR) is 80.9 cm³/mol. The van der Waals surface area contributed by atoms with Gasteiger partial charge in [-0.3, -0.25) is 9.36 Å². The van der Waals surface area contributed by atoms with Gasteiger partial charge in [-0.05, 0) is 25.5 Å². The summed E-state index contributed by atoms with van der Waals surface area (Å²) in [4.78, 5) is 16.8. The third-order valence-corrected chi connectivity index (χ3v) is 3.69. The number of nitrogens with one attached hydrogen (secondary N) is 1. The monoisotopic (exact) mass is 285 g/mol. The molecule has 1 aromatic heterocycles. The Morgan fingerprint density at radius 3 is 2.86 bits per heavy atom. The fraction of sp³-hybridized carbons (Fsp3) is 0.375. The van der Waals surface area contributed by atoms with E-state index in [2.05, 4.69) is 10.3 Å². The molecule has 21 heavy (non-hydrogen) atoms. The van der Waals surface area contributed by atoms with Crippen LogP contribution in [0.4, 0.5) is 0 Å². The molecule has 2 heterocycles. The van der Waals surface area contributed by atoms with Crippen molar-refractivity contribution in [3.8, 4) is 5.69 Å². The molecule has 2 aromatic rings. The smallest absolute Gasteiger partial charge is 0.258 e. The topological polar surface area (TPSA) is 56.1 Å². The van der Waals surface area contributed by atoms with Crippen molar-refractivity contribution in [2.45, 2.75) is 19.9 Å². The van der Waals surface area contributed by atoms with Crippen molar-refractivity contribution in [3.63, 3.8) is 0 Å². The second-order valence-corrected chi connectivity index (χ2v) is 5.26. The molecular formula is C16H19N3O2. The van der Waals surface area contributed by atoms with Gasteiger partial charge in [0.2, 0.25) is 0 Å². The highest BCUT2D eigenvalue weighted by Crippen LogP contribution is 2.23. The maximum Gasteiger partial charge on any atom is 0.258 e. The fourth-order valence-electron chi connectivity index (χ4n) is 2.78. The minimum Gasteiger partial charge on any atom is -0.378 e. The number of morpholine rings is 1. The van der Waals surface area contributed by atoms with Gasteiger partial charge in [0.15, 0.2) is 0 Å². The molecule has 1 atom stereocenters. The molecule has 0 spiro atoms. The minimum absolute atomic E-state index is 0.0517. The second kappa shape index (κ2) is 5.79. The van der Waals surface area contributed by atoms with E-state index in [1.807, 2.05) is 38.1 Å². The van der Waals surface area contributed by atoms with Gasteiger partial charge in [0, 0.05) is 18.3 Å². The number of ether oxygens (including phenoxy) is 1. The fourth-order valence-corrected chi connectivity index (χ4v) is 2.78. The number of benzene rings is 1. The molecular weight excluding hydrogens is 266 g/mol. The number of para-hydroxylation sites is 1. The van der Waals surface area contributed by atoms with Gasteiger partial charge in [-0.2, -0.15) is 0 Å². The van der Waals surface area contributed by atoms with Crippen LogP contribution in [0.15, 0.2) is 35.1 Å². The van der Waals surface area contributed by atoms with Crippen molar-refractivity contribution in [2.75, 3.05) is 19.8 Å². The lowest BCUT2D eigenvalue weighted by atomic mass is 10.0. The van der Waals surface area contributed by atoms with Crippen molar-refractivity contribution < 1.29 is 4.74 Å². The lowest BCUT2D eigenvalue weighted by Crippen LogP contribution is -2.35. The number of rotatable bonds is 2. The highest BCUT2D eigenvalue weighted by molar-refractivity contribution is 5.44. The van der Waals surface area contributed by atoms with Gasteiger partial charge in [0.05, 0.1) is 24.9 Å². The number of hydrogen-bond acceptors (Lipinski definition) is 4. The van der Waals surface area contributed by atoms with Gasteiger partial charge in [-0.25, -0.2) is 4.98 Å². The first-order chi connectivity index (χ1) is 10.2. The van der Waals surface area contributed by atoms with E-state index < -0.39 is 0 Å². The molecule has 0 saturated carbocycles. The Kier molecular flexibility index (Phi) is 3.86. The summed E-state index contributed by atoms with van der Waals surface area (Å²) in [6.45, 7) is 5.85. The van der Waals surface area contributed by atoms with Crippen molar-refractivity contribution in [2.24, 2.45) is 0 Å². The Hall–Kier alpha value is -1.98. The van der Waals surface area contributed by atoms with Crippen LogP contribution in [0.5, 0.6) is 0 Å². The Balaban J connectivity index is 2.13. The lowest BCUT2D eigenvalue weighted by Gasteiger charge is -2.26. The van der Waals surface area contributed by atoms with E-state index in [0.29, 0.717) is 12.4 Å². The predicted octanol–water partition coefficient (Wildman–Crippen LogP) is 1.51. The van der Waals surface area contributed by atoms with Crippen molar-refractivity contribution >= 4 is 0 Å². The van der Waals surface area contributed by atoms with E-state index in [0.717, 1.165) is 30.1 Å². The Labute approximate surface area is 123 Å². The number of hydrogen-bond donors (Lipinski definition) is 1. The van der Waals surface area contributed by atoms with Crippen LogP contribution in [-0.2, 0) is 4.74 Å². The maximum atomic E-state index is 12.4. The average molecular weight is 285 g/mol. The minimum atomic E-state index is -0.0517. The molecule has 5 nitrogen and oxygen atoms in total.